The molecule has 4 rings (SSSR count). The maximum absolute atomic E-state index is 10.7. The second kappa shape index (κ2) is 8.79. The van der Waals surface area contributed by atoms with Crippen molar-refractivity contribution in [2.45, 2.75) is 49.7 Å². The number of methoxy groups -OCH3 is 2. The van der Waals surface area contributed by atoms with E-state index in [1.54, 1.807) is 14.2 Å². The second-order valence-corrected chi connectivity index (χ2v) is 9.21. The predicted octanol–water partition coefficient (Wildman–Crippen LogP) is 3.15. The molecule has 1 spiro atoms. The molecule has 2 aliphatic rings. The molecule has 1 aliphatic heterocycles. The van der Waals surface area contributed by atoms with Crippen molar-refractivity contribution >= 4 is 0 Å². The zero-order chi connectivity index (χ0) is 22.1. The van der Waals surface area contributed by atoms with Gasteiger partial charge in [-0.15, -0.1) is 0 Å². The van der Waals surface area contributed by atoms with E-state index in [4.69, 9.17) is 9.47 Å². The molecule has 1 aliphatic carbocycles. The maximum atomic E-state index is 10.7. The number of hydrogen-bond donors (Lipinski definition) is 2. The van der Waals surface area contributed by atoms with Gasteiger partial charge in [-0.05, 0) is 75.2 Å². The van der Waals surface area contributed by atoms with Gasteiger partial charge in [0.1, 0.15) is 11.5 Å². The van der Waals surface area contributed by atoms with E-state index < -0.39 is 6.35 Å². The molecule has 6 nitrogen and oxygen atoms in total. The third kappa shape index (κ3) is 4.30. The molecule has 2 aromatic carbocycles. The SMILES string of the molecule is COc1ccc(CN2CC3(CCC(c4ccc(OC)cc4)(N(C)C)CC3)NC2O)cc1. The number of aliphatic hydroxyl groups excluding tert-OH is 1. The van der Waals surface area contributed by atoms with Gasteiger partial charge in [-0.25, -0.2) is 0 Å². The van der Waals surface area contributed by atoms with Crippen molar-refractivity contribution in [3.8, 4) is 11.5 Å². The van der Waals surface area contributed by atoms with Crippen LogP contribution in [0.3, 0.4) is 0 Å². The molecule has 0 radical (unpaired) electrons. The van der Waals surface area contributed by atoms with E-state index in [-0.39, 0.29) is 11.1 Å². The Labute approximate surface area is 185 Å². The summed E-state index contributed by atoms with van der Waals surface area (Å²) in [5.41, 5.74) is 2.47. The molecule has 6 heteroatoms. The van der Waals surface area contributed by atoms with Gasteiger partial charge < -0.3 is 14.6 Å². The minimum atomic E-state index is -0.616. The van der Waals surface area contributed by atoms with Gasteiger partial charge in [0.15, 0.2) is 6.35 Å². The van der Waals surface area contributed by atoms with Crippen LogP contribution in [0.15, 0.2) is 48.5 Å². The first-order valence-corrected chi connectivity index (χ1v) is 11.0. The molecule has 0 bridgehead atoms. The zero-order valence-corrected chi connectivity index (χ0v) is 19.1. The highest BCUT2D eigenvalue weighted by atomic mass is 16.5. The van der Waals surface area contributed by atoms with E-state index in [2.05, 4.69) is 65.6 Å². The van der Waals surface area contributed by atoms with Crippen LogP contribution in [0, 0.1) is 0 Å². The van der Waals surface area contributed by atoms with Gasteiger partial charge in [0.05, 0.1) is 14.2 Å². The summed E-state index contributed by atoms with van der Waals surface area (Å²) in [6, 6.07) is 16.6. The van der Waals surface area contributed by atoms with Crippen molar-refractivity contribution in [2.75, 3.05) is 34.9 Å². The highest BCUT2D eigenvalue weighted by Crippen LogP contribution is 2.46. The number of rotatable bonds is 6. The summed E-state index contributed by atoms with van der Waals surface area (Å²) in [5, 5.41) is 14.3. The van der Waals surface area contributed by atoms with Crippen LogP contribution in [0.1, 0.15) is 36.8 Å². The minimum absolute atomic E-state index is 0.00750. The normalized spacial score (nSPS) is 28.9. The summed E-state index contributed by atoms with van der Waals surface area (Å²) < 4.78 is 10.6. The summed E-state index contributed by atoms with van der Waals surface area (Å²) in [6.07, 6.45) is 3.51. The molecule has 1 saturated heterocycles. The Morgan fingerprint density at radius 1 is 0.935 bits per heavy atom. The Kier molecular flexibility index (Phi) is 6.26. The van der Waals surface area contributed by atoms with Gasteiger partial charge in [-0.1, -0.05) is 24.3 Å². The fourth-order valence-electron chi connectivity index (χ4n) is 5.33. The van der Waals surface area contributed by atoms with Crippen molar-refractivity contribution in [1.82, 2.24) is 15.1 Å². The Balaban J connectivity index is 1.45. The molecule has 1 unspecified atom stereocenters. The number of benzene rings is 2. The Hall–Kier alpha value is -2.12. The molecule has 0 amide bonds. The molecule has 1 saturated carbocycles. The van der Waals surface area contributed by atoms with Gasteiger partial charge in [0.25, 0.3) is 0 Å². The Morgan fingerprint density at radius 2 is 1.48 bits per heavy atom. The third-order valence-corrected chi connectivity index (χ3v) is 7.35. The lowest BCUT2D eigenvalue weighted by Gasteiger charge is -2.49. The number of nitrogens with zero attached hydrogens (tertiary/aromatic N) is 2. The van der Waals surface area contributed by atoms with Crippen molar-refractivity contribution in [3.05, 3.63) is 59.7 Å². The average molecular weight is 426 g/mol. The molecule has 1 atom stereocenters. The fraction of sp³-hybridized carbons (Fsp3) is 0.520. The summed E-state index contributed by atoms with van der Waals surface area (Å²) in [5.74, 6) is 1.74. The molecule has 1 heterocycles. The minimum Gasteiger partial charge on any atom is -0.497 e. The second-order valence-electron chi connectivity index (χ2n) is 9.21. The molecule has 0 aromatic heterocycles. The van der Waals surface area contributed by atoms with Crippen molar-refractivity contribution in [2.24, 2.45) is 0 Å². The Morgan fingerprint density at radius 3 is 2.00 bits per heavy atom. The summed E-state index contributed by atoms with van der Waals surface area (Å²) in [7, 11) is 7.73. The van der Waals surface area contributed by atoms with Gasteiger partial charge in [0, 0.05) is 24.2 Å². The molecule has 2 fully saturated rings. The van der Waals surface area contributed by atoms with Gasteiger partial charge in [-0.2, -0.15) is 0 Å². The summed E-state index contributed by atoms with van der Waals surface area (Å²) in [4.78, 5) is 4.50. The monoisotopic (exact) mass is 425 g/mol. The average Bonchev–Trinajstić information content (AvgIpc) is 3.09. The largest absolute Gasteiger partial charge is 0.497 e. The van der Waals surface area contributed by atoms with E-state index >= 15 is 0 Å². The quantitative estimate of drug-likeness (QED) is 0.742. The van der Waals surface area contributed by atoms with E-state index in [1.165, 1.54) is 11.1 Å². The predicted molar refractivity (Wildman–Crippen MR) is 122 cm³/mol. The molecular weight excluding hydrogens is 390 g/mol. The lowest BCUT2D eigenvalue weighted by atomic mass is 9.69. The van der Waals surface area contributed by atoms with E-state index in [0.717, 1.165) is 50.3 Å². The van der Waals surface area contributed by atoms with Crippen molar-refractivity contribution in [1.29, 1.82) is 0 Å². The highest BCUT2D eigenvalue weighted by Gasteiger charge is 2.49. The van der Waals surface area contributed by atoms with Crippen LogP contribution in [-0.4, -0.2) is 61.7 Å². The number of hydrogen-bond acceptors (Lipinski definition) is 6. The number of ether oxygens (including phenoxy) is 2. The van der Waals surface area contributed by atoms with Gasteiger partial charge >= 0.3 is 0 Å². The van der Waals surface area contributed by atoms with Crippen LogP contribution in [0.25, 0.3) is 0 Å². The molecule has 2 N–H and O–H groups in total. The van der Waals surface area contributed by atoms with Crippen LogP contribution < -0.4 is 14.8 Å². The third-order valence-electron chi connectivity index (χ3n) is 7.35. The maximum Gasteiger partial charge on any atom is 0.163 e. The van der Waals surface area contributed by atoms with Crippen LogP contribution >= 0.6 is 0 Å². The Bertz CT molecular complexity index is 859. The number of nitrogens with one attached hydrogen (secondary N) is 1. The van der Waals surface area contributed by atoms with E-state index in [0.29, 0.717) is 0 Å². The molecular formula is C25H35N3O3. The smallest absolute Gasteiger partial charge is 0.163 e. The number of aliphatic hydroxyl groups is 1. The first-order valence-electron chi connectivity index (χ1n) is 11.0. The molecule has 2 aromatic rings. The highest BCUT2D eigenvalue weighted by molar-refractivity contribution is 5.33. The lowest BCUT2D eigenvalue weighted by molar-refractivity contribution is 0.0126. The van der Waals surface area contributed by atoms with E-state index in [1.807, 2.05) is 12.1 Å². The van der Waals surface area contributed by atoms with Crippen molar-refractivity contribution in [3.63, 3.8) is 0 Å². The van der Waals surface area contributed by atoms with E-state index in [9.17, 15) is 5.11 Å². The summed E-state index contributed by atoms with van der Waals surface area (Å²) in [6.45, 7) is 1.57. The standard InChI is InChI=1S/C25H35N3O3/c1-27(2)25(20-7-11-22(31-4)12-8-20)15-13-24(14-16-25)18-28(23(29)26-24)17-19-5-9-21(30-3)10-6-19/h5-12,23,26,29H,13-18H2,1-4H3. The van der Waals surface area contributed by atoms with Crippen LogP contribution in [0.4, 0.5) is 0 Å². The first-order chi connectivity index (χ1) is 14.9. The van der Waals surface area contributed by atoms with Gasteiger partial charge in [-0.3, -0.25) is 15.1 Å². The van der Waals surface area contributed by atoms with Crippen LogP contribution in [-0.2, 0) is 12.1 Å². The van der Waals surface area contributed by atoms with Crippen LogP contribution in [0.2, 0.25) is 0 Å². The topological polar surface area (TPSA) is 57.2 Å². The zero-order valence-electron chi connectivity index (χ0n) is 19.1. The molecule has 31 heavy (non-hydrogen) atoms. The molecule has 168 valence electrons. The fourth-order valence-corrected chi connectivity index (χ4v) is 5.33. The summed E-state index contributed by atoms with van der Waals surface area (Å²) >= 11 is 0. The lowest BCUT2D eigenvalue weighted by Crippen LogP contribution is -2.54. The van der Waals surface area contributed by atoms with Gasteiger partial charge in [0.2, 0.25) is 0 Å². The van der Waals surface area contributed by atoms with Crippen LogP contribution in [0.5, 0.6) is 11.5 Å². The first kappa shape index (κ1) is 22.1. The van der Waals surface area contributed by atoms with Crippen molar-refractivity contribution < 1.29 is 14.6 Å².